The van der Waals surface area contributed by atoms with Gasteiger partial charge in [-0.25, -0.2) is 0 Å². The van der Waals surface area contributed by atoms with E-state index in [1.165, 1.54) is 16.9 Å². The van der Waals surface area contributed by atoms with Crippen molar-refractivity contribution in [1.29, 1.82) is 0 Å². The number of benzene rings is 1. The number of guanidine groups is 1. The van der Waals surface area contributed by atoms with Crippen molar-refractivity contribution in [1.82, 2.24) is 10.2 Å². The SMILES string of the molecule is CCNC(=NCCCSC)N(C)Cc1ccccc1C.I. The van der Waals surface area contributed by atoms with Gasteiger partial charge in [-0.15, -0.1) is 24.0 Å². The van der Waals surface area contributed by atoms with E-state index in [0.29, 0.717) is 0 Å². The summed E-state index contributed by atoms with van der Waals surface area (Å²) in [5.41, 5.74) is 2.68. The monoisotopic (exact) mass is 421 g/mol. The van der Waals surface area contributed by atoms with Gasteiger partial charge in [0.05, 0.1) is 0 Å². The summed E-state index contributed by atoms with van der Waals surface area (Å²) in [6.45, 7) is 6.95. The fourth-order valence-corrected chi connectivity index (χ4v) is 2.40. The number of hydrogen-bond donors (Lipinski definition) is 1. The lowest BCUT2D eigenvalue weighted by Gasteiger charge is -2.23. The summed E-state index contributed by atoms with van der Waals surface area (Å²) in [6, 6.07) is 8.52. The van der Waals surface area contributed by atoms with Crippen molar-refractivity contribution in [3.8, 4) is 0 Å². The molecule has 0 aliphatic carbocycles. The molecule has 1 aromatic rings. The summed E-state index contributed by atoms with van der Waals surface area (Å²) in [5.74, 6) is 2.17. The maximum absolute atomic E-state index is 4.69. The number of aliphatic imine (C=N–C) groups is 1. The second-order valence-electron chi connectivity index (χ2n) is 4.86. The lowest BCUT2D eigenvalue weighted by Crippen LogP contribution is -2.38. The molecule has 3 nitrogen and oxygen atoms in total. The highest BCUT2D eigenvalue weighted by Crippen LogP contribution is 2.09. The van der Waals surface area contributed by atoms with Gasteiger partial charge in [0.1, 0.15) is 0 Å². The maximum atomic E-state index is 4.69. The molecule has 0 spiro atoms. The summed E-state index contributed by atoms with van der Waals surface area (Å²) in [5, 5.41) is 3.37. The Morgan fingerprint density at radius 2 is 2.05 bits per heavy atom. The van der Waals surface area contributed by atoms with Gasteiger partial charge in [-0.3, -0.25) is 4.99 Å². The third kappa shape index (κ3) is 7.95. The largest absolute Gasteiger partial charge is 0.357 e. The molecular weight excluding hydrogens is 393 g/mol. The number of nitrogens with one attached hydrogen (secondary N) is 1. The van der Waals surface area contributed by atoms with Crippen LogP contribution >= 0.6 is 35.7 Å². The molecular formula is C16H28IN3S. The van der Waals surface area contributed by atoms with Crippen LogP contribution < -0.4 is 5.32 Å². The minimum atomic E-state index is 0. The first-order chi connectivity index (χ1) is 9.69. The van der Waals surface area contributed by atoms with E-state index >= 15 is 0 Å². The van der Waals surface area contributed by atoms with E-state index in [0.717, 1.165) is 32.0 Å². The Morgan fingerprint density at radius 3 is 2.67 bits per heavy atom. The van der Waals surface area contributed by atoms with Crippen molar-refractivity contribution in [3.05, 3.63) is 35.4 Å². The lowest BCUT2D eigenvalue weighted by molar-refractivity contribution is 0.475. The molecule has 0 fully saturated rings. The summed E-state index contributed by atoms with van der Waals surface area (Å²) in [7, 11) is 2.10. The second kappa shape index (κ2) is 12.1. The van der Waals surface area contributed by atoms with Gasteiger partial charge in [-0.2, -0.15) is 11.8 Å². The molecule has 21 heavy (non-hydrogen) atoms. The number of aryl methyl sites for hydroxylation is 1. The molecule has 1 N–H and O–H groups in total. The van der Waals surface area contributed by atoms with Gasteiger partial charge in [0.15, 0.2) is 5.96 Å². The zero-order valence-electron chi connectivity index (χ0n) is 13.6. The summed E-state index contributed by atoms with van der Waals surface area (Å²) >= 11 is 1.88. The van der Waals surface area contributed by atoms with Crippen molar-refractivity contribution in [2.45, 2.75) is 26.8 Å². The molecule has 0 atom stereocenters. The van der Waals surface area contributed by atoms with Crippen LogP contribution in [-0.4, -0.2) is 43.0 Å². The molecule has 0 saturated heterocycles. The van der Waals surface area contributed by atoms with Gasteiger partial charge in [-0.1, -0.05) is 24.3 Å². The number of nitrogens with zero attached hydrogens (tertiary/aromatic N) is 2. The molecule has 0 aliphatic rings. The summed E-state index contributed by atoms with van der Waals surface area (Å²) in [6.07, 6.45) is 3.27. The highest BCUT2D eigenvalue weighted by molar-refractivity contribution is 14.0. The minimum absolute atomic E-state index is 0. The predicted molar refractivity (Wildman–Crippen MR) is 107 cm³/mol. The average Bonchev–Trinajstić information content (AvgIpc) is 2.44. The predicted octanol–water partition coefficient (Wildman–Crippen LogP) is 3.76. The quantitative estimate of drug-likeness (QED) is 0.315. The van der Waals surface area contributed by atoms with E-state index in [2.05, 4.69) is 61.6 Å². The van der Waals surface area contributed by atoms with Gasteiger partial charge < -0.3 is 10.2 Å². The first kappa shape index (κ1) is 20.6. The second-order valence-corrected chi connectivity index (χ2v) is 5.85. The Morgan fingerprint density at radius 1 is 1.33 bits per heavy atom. The number of thioether (sulfide) groups is 1. The standard InChI is InChI=1S/C16H27N3S.HI/c1-5-17-16(18-11-8-12-20-4)19(3)13-15-10-7-6-9-14(15)2;/h6-7,9-10H,5,8,11-13H2,1-4H3,(H,17,18);1H. The van der Waals surface area contributed by atoms with Crippen LogP contribution in [0.3, 0.4) is 0 Å². The van der Waals surface area contributed by atoms with Crippen LogP contribution in [0.25, 0.3) is 0 Å². The Kier molecular flexibility index (Phi) is 11.9. The van der Waals surface area contributed by atoms with Crippen LogP contribution in [0.4, 0.5) is 0 Å². The van der Waals surface area contributed by atoms with Crippen molar-refractivity contribution in [3.63, 3.8) is 0 Å². The molecule has 0 aliphatic heterocycles. The fourth-order valence-electron chi connectivity index (χ4n) is 1.98. The first-order valence-corrected chi connectivity index (χ1v) is 8.61. The Balaban J connectivity index is 0.00000400. The zero-order valence-corrected chi connectivity index (χ0v) is 16.7. The van der Waals surface area contributed by atoms with Crippen molar-refractivity contribution in [2.75, 3.05) is 32.1 Å². The molecule has 0 saturated carbocycles. The molecule has 0 radical (unpaired) electrons. The highest BCUT2D eigenvalue weighted by Gasteiger charge is 2.07. The lowest BCUT2D eigenvalue weighted by atomic mass is 10.1. The molecule has 5 heteroatoms. The van der Waals surface area contributed by atoms with Gasteiger partial charge >= 0.3 is 0 Å². The number of hydrogen-bond acceptors (Lipinski definition) is 2. The van der Waals surface area contributed by atoms with Gasteiger partial charge in [-0.05, 0) is 43.4 Å². The third-order valence-electron chi connectivity index (χ3n) is 3.13. The third-order valence-corrected chi connectivity index (χ3v) is 3.83. The topological polar surface area (TPSA) is 27.6 Å². The molecule has 0 bridgehead atoms. The van der Waals surface area contributed by atoms with E-state index in [9.17, 15) is 0 Å². The van der Waals surface area contributed by atoms with Crippen LogP contribution in [0.5, 0.6) is 0 Å². The molecule has 0 aromatic heterocycles. The van der Waals surface area contributed by atoms with Crippen LogP contribution in [-0.2, 0) is 6.54 Å². The van der Waals surface area contributed by atoms with Crippen molar-refractivity contribution >= 4 is 41.7 Å². The highest BCUT2D eigenvalue weighted by atomic mass is 127. The van der Waals surface area contributed by atoms with E-state index < -0.39 is 0 Å². The van der Waals surface area contributed by atoms with Crippen LogP contribution in [0.1, 0.15) is 24.5 Å². The molecule has 1 rings (SSSR count). The number of rotatable bonds is 7. The van der Waals surface area contributed by atoms with Crippen molar-refractivity contribution < 1.29 is 0 Å². The van der Waals surface area contributed by atoms with Crippen LogP contribution in [0.15, 0.2) is 29.3 Å². The Bertz CT molecular complexity index is 424. The van der Waals surface area contributed by atoms with E-state index in [1.54, 1.807) is 0 Å². The maximum Gasteiger partial charge on any atom is 0.193 e. The molecule has 0 unspecified atom stereocenters. The minimum Gasteiger partial charge on any atom is -0.357 e. The van der Waals surface area contributed by atoms with E-state index in [1.807, 2.05) is 11.8 Å². The first-order valence-electron chi connectivity index (χ1n) is 7.22. The number of halogens is 1. The summed E-state index contributed by atoms with van der Waals surface area (Å²) < 4.78 is 0. The normalized spacial score (nSPS) is 11.0. The molecule has 0 amide bonds. The van der Waals surface area contributed by atoms with Crippen LogP contribution in [0.2, 0.25) is 0 Å². The smallest absolute Gasteiger partial charge is 0.193 e. The molecule has 1 aromatic carbocycles. The average molecular weight is 421 g/mol. The van der Waals surface area contributed by atoms with Gasteiger partial charge in [0.25, 0.3) is 0 Å². The molecule has 120 valence electrons. The zero-order chi connectivity index (χ0) is 14.8. The fraction of sp³-hybridized carbons (Fsp3) is 0.562. The molecule has 0 heterocycles. The van der Waals surface area contributed by atoms with Crippen molar-refractivity contribution in [2.24, 2.45) is 4.99 Å². The van der Waals surface area contributed by atoms with Gasteiger partial charge in [0, 0.05) is 26.7 Å². The van der Waals surface area contributed by atoms with E-state index in [-0.39, 0.29) is 24.0 Å². The van der Waals surface area contributed by atoms with E-state index in [4.69, 9.17) is 4.99 Å². The van der Waals surface area contributed by atoms with Crippen LogP contribution in [0, 0.1) is 6.92 Å². The van der Waals surface area contributed by atoms with Gasteiger partial charge in [0.2, 0.25) is 0 Å². The Labute approximate surface area is 151 Å². The summed E-state index contributed by atoms with van der Waals surface area (Å²) in [4.78, 5) is 6.89. The Hall–Kier alpha value is -0.430.